The Bertz CT molecular complexity index is 479. The number of rotatable bonds is 2. The van der Waals surface area contributed by atoms with Gasteiger partial charge in [0, 0.05) is 17.2 Å². The Balaban J connectivity index is 1.62. The molecule has 1 saturated carbocycles. The van der Waals surface area contributed by atoms with Crippen LogP contribution in [0.3, 0.4) is 0 Å². The highest BCUT2D eigenvalue weighted by molar-refractivity contribution is 8.13. The normalized spacial score (nSPS) is 30.2. The number of aromatic amines is 1. The summed E-state index contributed by atoms with van der Waals surface area (Å²) in [4.78, 5) is 18.3. The number of nitrogens with zero attached hydrogens (tertiary/aromatic N) is 1. The molecule has 1 aromatic rings. The van der Waals surface area contributed by atoms with Crippen LogP contribution in [0.5, 0.6) is 0 Å². The maximum Gasteiger partial charge on any atom is 0.304 e. The Labute approximate surface area is 108 Å². The van der Waals surface area contributed by atoms with Crippen molar-refractivity contribution in [2.24, 2.45) is 10.9 Å². The van der Waals surface area contributed by atoms with E-state index < -0.39 is 0 Å². The zero-order valence-electron chi connectivity index (χ0n) is 9.44. The number of amidine groups is 1. The van der Waals surface area contributed by atoms with Crippen LogP contribution in [0.4, 0.5) is 0 Å². The molecule has 6 heteroatoms. The zero-order valence-corrected chi connectivity index (χ0v) is 11.1. The number of thiazole rings is 1. The summed E-state index contributed by atoms with van der Waals surface area (Å²) in [5, 5.41) is 6.40. The van der Waals surface area contributed by atoms with Gasteiger partial charge in [0.2, 0.25) is 0 Å². The first-order chi connectivity index (χ1) is 8.31. The number of aliphatic imine (C=N–C) groups is 1. The monoisotopic (exact) mass is 269 g/mol. The third-order valence-corrected chi connectivity index (χ3v) is 5.20. The second-order valence-corrected chi connectivity index (χ2v) is 6.40. The molecule has 2 aliphatic rings. The highest BCUT2D eigenvalue weighted by Gasteiger charge is 2.31. The van der Waals surface area contributed by atoms with Crippen molar-refractivity contribution in [2.75, 3.05) is 5.75 Å². The fourth-order valence-electron chi connectivity index (χ4n) is 2.45. The van der Waals surface area contributed by atoms with Crippen LogP contribution >= 0.6 is 23.1 Å². The second-order valence-electron chi connectivity index (χ2n) is 4.55. The first kappa shape index (κ1) is 11.3. The molecule has 1 aromatic heterocycles. The van der Waals surface area contributed by atoms with Crippen LogP contribution in [-0.4, -0.2) is 21.9 Å². The van der Waals surface area contributed by atoms with Crippen molar-refractivity contribution in [2.45, 2.75) is 31.8 Å². The van der Waals surface area contributed by atoms with Crippen LogP contribution in [0.25, 0.3) is 0 Å². The van der Waals surface area contributed by atoms with Gasteiger partial charge in [-0.1, -0.05) is 29.5 Å². The molecular weight excluding hydrogens is 254 g/mol. The maximum absolute atomic E-state index is 11.0. The van der Waals surface area contributed by atoms with E-state index in [0.29, 0.717) is 12.6 Å². The third kappa shape index (κ3) is 2.57. The highest BCUT2D eigenvalue weighted by Crippen LogP contribution is 2.32. The molecule has 0 aromatic carbocycles. The summed E-state index contributed by atoms with van der Waals surface area (Å²) in [5.74, 6) is 2.02. The summed E-state index contributed by atoms with van der Waals surface area (Å²) in [5.41, 5.74) is 0.906. The van der Waals surface area contributed by atoms with Crippen LogP contribution in [0.2, 0.25) is 0 Å². The van der Waals surface area contributed by atoms with Crippen molar-refractivity contribution in [3.63, 3.8) is 0 Å². The molecule has 0 radical (unpaired) electrons. The predicted molar refractivity (Wildman–Crippen MR) is 72.8 cm³/mol. The van der Waals surface area contributed by atoms with Crippen molar-refractivity contribution in [3.05, 3.63) is 20.7 Å². The molecule has 2 heterocycles. The lowest BCUT2D eigenvalue weighted by Crippen LogP contribution is -2.41. The molecule has 3 rings (SSSR count). The fourth-order valence-corrected chi connectivity index (χ4v) is 4.19. The molecule has 1 aliphatic carbocycles. The zero-order chi connectivity index (χ0) is 11.7. The quantitative estimate of drug-likeness (QED) is 0.860. The van der Waals surface area contributed by atoms with Crippen LogP contribution in [-0.2, 0) is 6.54 Å². The minimum Gasteiger partial charge on any atom is -0.362 e. The van der Waals surface area contributed by atoms with Gasteiger partial charge in [0.1, 0.15) is 0 Å². The van der Waals surface area contributed by atoms with Gasteiger partial charge >= 0.3 is 4.87 Å². The summed E-state index contributed by atoms with van der Waals surface area (Å²) < 4.78 is 0. The SMILES string of the molecule is O=c1[nH]c(CN=C2NC3CCCC3CS2)cs1. The molecule has 2 atom stereocenters. The van der Waals surface area contributed by atoms with Crippen molar-refractivity contribution in [1.82, 2.24) is 10.3 Å². The van der Waals surface area contributed by atoms with E-state index in [9.17, 15) is 4.79 Å². The van der Waals surface area contributed by atoms with E-state index in [0.717, 1.165) is 16.8 Å². The number of thioether (sulfide) groups is 1. The molecular formula is C11H15N3OS2. The first-order valence-corrected chi connectivity index (χ1v) is 7.78. The summed E-state index contributed by atoms with van der Waals surface area (Å²) >= 11 is 3.01. The number of fused-ring (bicyclic) bond motifs is 1. The summed E-state index contributed by atoms with van der Waals surface area (Å²) in [6.45, 7) is 0.575. The minimum atomic E-state index is 0.000290. The van der Waals surface area contributed by atoms with Crippen molar-refractivity contribution >= 4 is 28.3 Å². The van der Waals surface area contributed by atoms with Crippen molar-refractivity contribution < 1.29 is 0 Å². The van der Waals surface area contributed by atoms with Gasteiger partial charge in [-0.05, 0) is 18.8 Å². The van der Waals surface area contributed by atoms with Crippen LogP contribution in [0.15, 0.2) is 15.2 Å². The summed E-state index contributed by atoms with van der Waals surface area (Å²) in [6, 6.07) is 0.636. The van der Waals surface area contributed by atoms with Gasteiger partial charge in [-0.2, -0.15) is 0 Å². The Morgan fingerprint density at radius 2 is 2.41 bits per heavy atom. The standard InChI is InChI=1S/C11H15N3OS2/c15-11-13-8(6-17-11)4-12-10-14-9-3-1-2-7(9)5-16-10/h6-7,9H,1-5H2,(H,12,14)(H,13,15). The van der Waals surface area contributed by atoms with Gasteiger partial charge in [0.15, 0.2) is 5.17 Å². The Morgan fingerprint density at radius 1 is 1.47 bits per heavy atom. The number of hydrogen-bond donors (Lipinski definition) is 2. The molecule has 0 amide bonds. The second kappa shape index (κ2) is 4.86. The van der Waals surface area contributed by atoms with Crippen LogP contribution in [0, 0.1) is 5.92 Å². The fraction of sp³-hybridized carbons (Fsp3) is 0.636. The van der Waals surface area contributed by atoms with E-state index in [1.54, 1.807) is 0 Å². The molecule has 1 saturated heterocycles. The Morgan fingerprint density at radius 3 is 3.24 bits per heavy atom. The number of H-pyrrole nitrogens is 1. The minimum absolute atomic E-state index is 0.000290. The molecule has 0 spiro atoms. The molecule has 2 N–H and O–H groups in total. The third-order valence-electron chi connectivity index (χ3n) is 3.37. The Kier molecular flexibility index (Phi) is 3.24. The van der Waals surface area contributed by atoms with Gasteiger partial charge in [-0.15, -0.1) is 0 Å². The van der Waals surface area contributed by atoms with E-state index in [-0.39, 0.29) is 4.87 Å². The average molecular weight is 269 g/mol. The summed E-state index contributed by atoms with van der Waals surface area (Å²) in [7, 11) is 0. The first-order valence-electron chi connectivity index (χ1n) is 5.92. The molecule has 2 fully saturated rings. The lowest BCUT2D eigenvalue weighted by Gasteiger charge is -2.27. The summed E-state index contributed by atoms with van der Waals surface area (Å²) in [6.07, 6.45) is 3.98. The van der Waals surface area contributed by atoms with E-state index in [2.05, 4.69) is 15.3 Å². The number of nitrogens with one attached hydrogen (secondary N) is 2. The van der Waals surface area contributed by atoms with Gasteiger partial charge < -0.3 is 10.3 Å². The van der Waals surface area contributed by atoms with Crippen LogP contribution < -0.4 is 10.2 Å². The highest BCUT2D eigenvalue weighted by atomic mass is 32.2. The Hall–Kier alpha value is -0.750. The smallest absolute Gasteiger partial charge is 0.304 e. The van der Waals surface area contributed by atoms with Crippen molar-refractivity contribution in [3.8, 4) is 0 Å². The molecule has 92 valence electrons. The molecule has 0 bridgehead atoms. The predicted octanol–water partition coefficient (Wildman–Crippen LogP) is 1.80. The molecule has 2 unspecified atom stereocenters. The van der Waals surface area contributed by atoms with E-state index in [1.807, 2.05) is 17.1 Å². The molecule has 1 aliphatic heterocycles. The number of aromatic nitrogens is 1. The number of hydrogen-bond acceptors (Lipinski definition) is 4. The molecule has 17 heavy (non-hydrogen) atoms. The lowest BCUT2D eigenvalue weighted by atomic mass is 10.1. The van der Waals surface area contributed by atoms with Gasteiger partial charge in [-0.25, -0.2) is 0 Å². The van der Waals surface area contributed by atoms with E-state index >= 15 is 0 Å². The van der Waals surface area contributed by atoms with Crippen molar-refractivity contribution in [1.29, 1.82) is 0 Å². The van der Waals surface area contributed by atoms with E-state index in [4.69, 9.17) is 0 Å². The lowest BCUT2D eigenvalue weighted by molar-refractivity contribution is 0.489. The molecule has 4 nitrogen and oxygen atoms in total. The van der Waals surface area contributed by atoms with Gasteiger partial charge in [0.25, 0.3) is 0 Å². The maximum atomic E-state index is 11.0. The van der Waals surface area contributed by atoms with E-state index in [1.165, 1.54) is 36.4 Å². The van der Waals surface area contributed by atoms with Gasteiger partial charge in [0.05, 0.1) is 12.2 Å². The van der Waals surface area contributed by atoms with Crippen LogP contribution in [0.1, 0.15) is 25.0 Å². The largest absolute Gasteiger partial charge is 0.362 e. The topological polar surface area (TPSA) is 57.2 Å². The van der Waals surface area contributed by atoms with Gasteiger partial charge in [-0.3, -0.25) is 9.79 Å². The average Bonchev–Trinajstić information content (AvgIpc) is 2.94.